The van der Waals surface area contributed by atoms with E-state index in [1.165, 1.54) is 0 Å². The van der Waals surface area contributed by atoms with Crippen LogP contribution >= 0.6 is 11.8 Å². The fourth-order valence-electron chi connectivity index (χ4n) is 1.17. The highest BCUT2D eigenvalue weighted by Gasteiger charge is 2.21. The van der Waals surface area contributed by atoms with E-state index in [-0.39, 0.29) is 17.1 Å². The van der Waals surface area contributed by atoms with Gasteiger partial charge in [-0.1, -0.05) is 32.5 Å². The van der Waals surface area contributed by atoms with Crippen LogP contribution in [0.4, 0.5) is 0 Å². The number of rotatable bonds is 8. The average molecular weight is 303 g/mol. The maximum absolute atomic E-state index is 11.5. The second-order valence-corrected chi connectivity index (χ2v) is 5.86. The minimum Gasteiger partial charge on any atom is -0.469 e. The average Bonchev–Trinajstić information content (AvgIpc) is 2.43. The van der Waals surface area contributed by atoms with E-state index in [0.29, 0.717) is 6.54 Å². The third-order valence-corrected chi connectivity index (χ3v) is 3.70. The summed E-state index contributed by atoms with van der Waals surface area (Å²) in [6.45, 7) is 5.76. The van der Waals surface area contributed by atoms with Crippen LogP contribution in [0.3, 0.4) is 0 Å². The molecule has 6 nitrogen and oxygen atoms in total. The minimum atomic E-state index is -0.790. The van der Waals surface area contributed by atoms with Gasteiger partial charge in [0.25, 0.3) is 5.12 Å². The van der Waals surface area contributed by atoms with Gasteiger partial charge in [0.15, 0.2) is 0 Å². The number of hydrogen-bond donors (Lipinski definition) is 1. The van der Waals surface area contributed by atoms with Crippen molar-refractivity contribution in [2.75, 3.05) is 13.7 Å². The molecule has 0 saturated carbocycles. The molecule has 7 heteroatoms. The molecule has 114 valence electrons. The van der Waals surface area contributed by atoms with Gasteiger partial charge in [-0.05, 0) is 6.42 Å². The molecule has 1 amide bonds. The number of methoxy groups -OCH3 is 1. The Hall–Kier alpha value is -1.37. The van der Waals surface area contributed by atoms with E-state index >= 15 is 0 Å². The summed E-state index contributed by atoms with van der Waals surface area (Å²) in [5, 5.41) is 1.78. The molecule has 0 aliphatic heterocycles. The molecule has 1 N–H and O–H groups in total. The maximum atomic E-state index is 11.5. The lowest BCUT2D eigenvalue weighted by Gasteiger charge is -2.13. The number of nitrogens with one attached hydrogen (secondary N) is 1. The predicted molar refractivity (Wildman–Crippen MR) is 76.2 cm³/mol. The summed E-state index contributed by atoms with van der Waals surface area (Å²) in [5.74, 6) is -1.68. The van der Waals surface area contributed by atoms with Gasteiger partial charge < -0.3 is 10.1 Å². The fraction of sp³-hybridized carbons (Fsp3) is 0.692. The van der Waals surface area contributed by atoms with E-state index in [4.69, 9.17) is 0 Å². The van der Waals surface area contributed by atoms with E-state index in [0.717, 1.165) is 25.3 Å². The van der Waals surface area contributed by atoms with Crippen molar-refractivity contribution in [1.29, 1.82) is 0 Å². The minimum absolute atomic E-state index is 0.0757. The molecule has 0 aromatic carbocycles. The third kappa shape index (κ3) is 7.28. The van der Waals surface area contributed by atoms with Crippen molar-refractivity contribution < 1.29 is 23.9 Å². The van der Waals surface area contributed by atoms with Crippen LogP contribution in [0.15, 0.2) is 0 Å². The number of ether oxygens (including phenoxy) is 1. The van der Waals surface area contributed by atoms with E-state index in [2.05, 4.69) is 10.1 Å². The van der Waals surface area contributed by atoms with Gasteiger partial charge in [0, 0.05) is 17.7 Å². The molecule has 20 heavy (non-hydrogen) atoms. The molecule has 0 radical (unpaired) electrons. The first-order valence-electron chi connectivity index (χ1n) is 6.40. The molecule has 0 aromatic heterocycles. The van der Waals surface area contributed by atoms with Crippen LogP contribution in [0.25, 0.3) is 0 Å². The van der Waals surface area contributed by atoms with Crippen LogP contribution in [0.1, 0.15) is 33.6 Å². The van der Waals surface area contributed by atoms with Gasteiger partial charge in [0.05, 0.1) is 7.11 Å². The quantitative estimate of drug-likeness (QED) is 0.407. The Bertz CT molecular complexity index is 383. The highest BCUT2D eigenvalue weighted by Crippen LogP contribution is 2.13. The van der Waals surface area contributed by atoms with Crippen molar-refractivity contribution in [3.63, 3.8) is 0 Å². The number of carbonyl (C=O) groups excluding carboxylic acids is 4. The molecule has 0 saturated heterocycles. The molecule has 0 aliphatic rings. The lowest BCUT2D eigenvalue weighted by molar-refractivity contribution is -0.145. The molecule has 2 unspecified atom stereocenters. The lowest BCUT2D eigenvalue weighted by atomic mass is 10.1. The smallest absolute Gasteiger partial charge is 0.313 e. The van der Waals surface area contributed by atoms with Crippen molar-refractivity contribution in [2.24, 2.45) is 5.92 Å². The standard InChI is InChI=1S/C13H21NO5S/c1-5-8(2)12(17)14-7-9(3)20-13(18)10(15)6-11(16)19-4/h8-9H,5-7H2,1-4H3,(H,14,17). The number of ketones is 1. The zero-order valence-corrected chi connectivity index (χ0v) is 13.0. The molecule has 0 aliphatic carbocycles. The number of carbonyl (C=O) groups is 4. The van der Waals surface area contributed by atoms with E-state index < -0.39 is 23.3 Å². The highest BCUT2D eigenvalue weighted by molar-refractivity contribution is 8.15. The second kappa shape index (κ2) is 9.52. The topological polar surface area (TPSA) is 89.5 Å². The zero-order chi connectivity index (χ0) is 15.7. The number of hydrogen-bond acceptors (Lipinski definition) is 6. The molecule has 0 aromatic rings. The van der Waals surface area contributed by atoms with E-state index in [9.17, 15) is 19.2 Å². The van der Waals surface area contributed by atoms with Gasteiger partial charge in [0.1, 0.15) is 6.42 Å². The summed E-state index contributed by atoms with van der Waals surface area (Å²) in [7, 11) is 1.15. The summed E-state index contributed by atoms with van der Waals surface area (Å²) in [5.41, 5.74) is 0. The van der Waals surface area contributed by atoms with Crippen molar-refractivity contribution in [2.45, 2.75) is 38.9 Å². The first-order chi connectivity index (χ1) is 9.31. The molecule has 2 atom stereocenters. The van der Waals surface area contributed by atoms with Crippen LogP contribution in [-0.2, 0) is 23.9 Å². The predicted octanol–water partition coefficient (Wildman–Crippen LogP) is 0.929. The molecule has 0 fully saturated rings. The SMILES string of the molecule is CCC(C)C(=O)NCC(C)SC(=O)C(=O)CC(=O)OC. The van der Waals surface area contributed by atoms with E-state index in [1.807, 2.05) is 13.8 Å². The van der Waals surface area contributed by atoms with Crippen molar-refractivity contribution >= 4 is 34.5 Å². The highest BCUT2D eigenvalue weighted by atomic mass is 32.2. The molecule has 0 spiro atoms. The van der Waals surface area contributed by atoms with Crippen molar-refractivity contribution in [1.82, 2.24) is 5.32 Å². The molecule has 0 bridgehead atoms. The van der Waals surface area contributed by atoms with Gasteiger partial charge in [-0.2, -0.15) is 0 Å². The van der Waals surface area contributed by atoms with Gasteiger partial charge in [-0.3, -0.25) is 19.2 Å². The summed E-state index contributed by atoms with van der Waals surface area (Å²) >= 11 is 0.810. The molecular weight excluding hydrogens is 282 g/mol. The summed E-state index contributed by atoms with van der Waals surface area (Å²) in [6, 6.07) is 0. The Kier molecular flexibility index (Phi) is 8.87. The number of thioether (sulfide) groups is 1. The second-order valence-electron chi connectivity index (χ2n) is 4.45. The summed E-state index contributed by atoms with van der Waals surface area (Å²) in [6.07, 6.45) is 0.193. The fourth-order valence-corrected chi connectivity index (χ4v) is 1.91. The number of esters is 1. The Labute approximate surface area is 123 Å². The number of Topliss-reactive ketones (excluding diaryl/α,β-unsaturated/α-hetero) is 1. The van der Waals surface area contributed by atoms with Crippen LogP contribution in [-0.4, -0.2) is 41.7 Å². The third-order valence-electron chi connectivity index (χ3n) is 2.69. The molecule has 0 rings (SSSR count). The Morgan fingerprint density at radius 1 is 1.20 bits per heavy atom. The van der Waals surface area contributed by atoms with Crippen LogP contribution < -0.4 is 5.32 Å². The van der Waals surface area contributed by atoms with Crippen LogP contribution in [0.2, 0.25) is 0 Å². The van der Waals surface area contributed by atoms with Crippen LogP contribution in [0, 0.1) is 5.92 Å². The van der Waals surface area contributed by atoms with Gasteiger partial charge in [-0.15, -0.1) is 0 Å². The zero-order valence-electron chi connectivity index (χ0n) is 12.2. The summed E-state index contributed by atoms with van der Waals surface area (Å²) < 4.78 is 4.32. The Morgan fingerprint density at radius 3 is 2.30 bits per heavy atom. The molecule has 0 heterocycles. The first kappa shape index (κ1) is 18.6. The largest absolute Gasteiger partial charge is 0.469 e. The maximum Gasteiger partial charge on any atom is 0.313 e. The van der Waals surface area contributed by atoms with Gasteiger partial charge >= 0.3 is 5.97 Å². The number of amides is 1. The normalized spacial score (nSPS) is 13.2. The first-order valence-corrected chi connectivity index (χ1v) is 7.28. The Balaban J connectivity index is 4.11. The van der Waals surface area contributed by atoms with E-state index in [1.54, 1.807) is 6.92 Å². The van der Waals surface area contributed by atoms with Crippen LogP contribution in [0.5, 0.6) is 0 Å². The lowest BCUT2D eigenvalue weighted by Crippen LogP contribution is -2.34. The molecular formula is C13H21NO5S. The summed E-state index contributed by atoms with van der Waals surface area (Å²) in [4.78, 5) is 45.3. The van der Waals surface area contributed by atoms with Crippen molar-refractivity contribution in [3.8, 4) is 0 Å². The van der Waals surface area contributed by atoms with Gasteiger partial charge in [0.2, 0.25) is 11.7 Å². The monoisotopic (exact) mass is 303 g/mol. The Morgan fingerprint density at radius 2 is 1.80 bits per heavy atom. The van der Waals surface area contributed by atoms with Crippen molar-refractivity contribution in [3.05, 3.63) is 0 Å². The van der Waals surface area contributed by atoms with Gasteiger partial charge in [-0.25, -0.2) is 0 Å².